The second kappa shape index (κ2) is 5.66. The van der Waals surface area contributed by atoms with Gasteiger partial charge in [0.15, 0.2) is 0 Å². The van der Waals surface area contributed by atoms with Gasteiger partial charge in [-0.25, -0.2) is 0 Å². The largest absolute Gasteiger partial charge is 0.481 e. The van der Waals surface area contributed by atoms with Crippen LogP contribution in [0.3, 0.4) is 0 Å². The summed E-state index contributed by atoms with van der Waals surface area (Å²) in [6.45, 7) is 3.91. The van der Waals surface area contributed by atoms with E-state index in [1.165, 1.54) is 0 Å². The Kier molecular flexibility index (Phi) is 4.50. The van der Waals surface area contributed by atoms with Crippen LogP contribution >= 0.6 is 0 Å². The predicted octanol–water partition coefficient (Wildman–Crippen LogP) is 2.39. The third kappa shape index (κ3) is 3.66. The molecule has 1 atom stereocenters. The van der Waals surface area contributed by atoms with Crippen LogP contribution in [-0.4, -0.2) is 16.2 Å². The maximum atomic E-state index is 10.5. The third-order valence-corrected chi connectivity index (χ3v) is 2.55. The molecule has 0 heterocycles. The molecule has 0 aliphatic heterocycles. The lowest BCUT2D eigenvalue weighted by molar-refractivity contribution is -0.136. The highest BCUT2D eigenvalue weighted by Gasteiger charge is 2.12. The van der Waals surface area contributed by atoms with Gasteiger partial charge >= 0.3 is 5.97 Å². The molecule has 0 bridgehead atoms. The van der Waals surface area contributed by atoms with Crippen LogP contribution in [0.25, 0.3) is 0 Å². The quantitative estimate of drug-likeness (QED) is 0.804. The number of hydrogen-bond donors (Lipinski definition) is 2. The fourth-order valence-corrected chi connectivity index (χ4v) is 1.57. The van der Waals surface area contributed by atoms with Crippen molar-refractivity contribution in [1.29, 1.82) is 0 Å². The van der Waals surface area contributed by atoms with Crippen LogP contribution in [-0.2, 0) is 11.2 Å². The monoisotopic (exact) mass is 222 g/mol. The SMILES string of the molecule is CC(C)C(O)c1cccc(CCC(=O)O)c1. The minimum atomic E-state index is -0.796. The number of aryl methyl sites for hydroxylation is 1. The summed E-state index contributed by atoms with van der Waals surface area (Å²) in [5, 5.41) is 18.5. The van der Waals surface area contributed by atoms with Crippen molar-refractivity contribution in [2.75, 3.05) is 0 Å². The van der Waals surface area contributed by atoms with Crippen molar-refractivity contribution in [1.82, 2.24) is 0 Å². The Balaban J connectivity index is 2.74. The molecule has 2 N–H and O–H groups in total. The van der Waals surface area contributed by atoms with Gasteiger partial charge in [0.2, 0.25) is 0 Å². The van der Waals surface area contributed by atoms with Crippen LogP contribution in [0.5, 0.6) is 0 Å². The molecular weight excluding hydrogens is 204 g/mol. The van der Waals surface area contributed by atoms with Gasteiger partial charge in [0.1, 0.15) is 0 Å². The smallest absolute Gasteiger partial charge is 0.303 e. The highest BCUT2D eigenvalue weighted by atomic mass is 16.4. The molecule has 3 heteroatoms. The van der Waals surface area contributed by atoms with Gasteiger partial charge in [0, 0.05) is 6.42 Å². The van der Waals surface area contributed by atoms with Crippen LogP contribution in [0.15, 0.2) is 24.3 Å². The number of carboxylic acids is 1. The Morgan fingerprint density at radius 2 is 2.06 bits per heavy atom. The molecule has 0 fully saturated rings. The lowest BCUT2D eigenvalue weighted by atomic mass is 9.96. The van der Waals surface area contributed by atoms with Crippen molar-refractivity contribution in [3.8, 4) is 0 Å². The summed E-state index contributed by atoms with van der Waals surface area (Å²) in [6, 6.07) is 7.50. The zero-order valence-corrected chi connectivity index (χ0v) is 9.68. The number of aliphatic hydroxyl groups is 1. The molecule has 1 rings (SSSR count). The van der Waals surface area contributed by atoms with Gasteiger partial charge in [-0.2, -0.15) is 0 Å². The topological polar surface area (TPSA) is 57.5 Å². The summed E-state index contributed by atoms with van der Waals surface area (Å²) in [7, 11) is 0. The van der Waals surface area contributed by atoms with E-state index in [0.717, 1.165) is 11.1 Å². The molecule has 1 aromatic rings. The van der Waals surface area contributed by atoms with Crippen LogP contribution in [0, 0.1) is 5.92 Å². The van der Waals surface area contributed by atoms with E-state index in [1.54, 1.807) is 0 Å². The number of carbonyl (C=O) groups is 1. The second-order valence-corrected chi connectivity index (χ2v) is 4.33. The fourth-order valence-electron chi connectivity index (χ4n) is 1.57. The molecule has 88 valence electrons. The first kappa shape index (κ1) is 12.7. The minimum Gasteiger partial charge on any atom is -0.481 e. The first-order chi connectivity index (χ1) is 7.50. The summed E-state index contributed by atoms with van der Waals surface area (Å²) >= 11 is 0. The molecule has 1 unspecified atom stereocenters. The average Bonchev–Trinajstić information content (AvgIpc) is 2.25. The van der Waals surface area contributed by atoms with Crippen molar-refractivity contribution in [2.45, 2.75) is 32.8 Å². The van der Waals surface area contributed by atoms with E-state index >= 15 is 0 Å². The van der Waals surface area contributed by atoms with E-state index in [2.05, 4.69) is 0 Å². The second-order valence-electron chi connectivity index (χ2n) is 4.33. The zero-order valence-electron chi connectivity index (χ0n) is 9.68. The molecule has 3 nitrogen and oxygen atoms in total. The molecule has 0 aromatic heterocycles. The predicted molar refractivity (Wildman–Crippen MR) is 62.2 cm³/mol. The van der Waals surface area contributed by atoms with E-state index in [9.17, 15) is 9.90 Å². The van der Waals surface area contributed by atoms with Crippen LogP contribution in [0.4, 0.5) is 0 Å². The van der Waals surface area contributed by atoms with E-state index < -0.39 is 12.1 Å². The molecule has 0 saturated carbocycles. The highest BCUT2D eigenvalue weighted by Crippen LogP contribution is 2.22. The summed E-state index contributed by atoms with van der Waals surface area (Å²) in [4.78, 5) is 10.5. The molecule has 16 heavy (non-hydrogen) atoms. The number of hydrogen-bond acceptors (Lipinski definition) is 2. The van der Waals surface area contributed by atoms with Gasteiger partial charge in [-0.15, -0.1) is 0 Å². The van der Waals surface area contributed by atoms with Gasteiger partial charge < -0.3 is 10.2 Å². The Hall–Kier alpha value is -1.35. The lowest BCUT2D eigenvalue weighted by Gasteiger charge is -2.15. The van der Waals surface area contributed by atoms with Crippen LogP contribution in [0.1, 0.15) is 37.5 Å². The van der Waals surface area contributed by atoms with Crippen molar-refractivity contribution in [2.24, 2.45) is 5.92 Å². The Bertz CT molecular complexity index is 358. The van der Waals surface area contributed by atoms with Gasteiger partial charge in [0.25, 0.3) is 0 Å². The summed E-state index contributed by atoms with van der Waals surface area (Å²) in [5.41, 5.74) is 1.82. The normalized spacial score (nSPS) is 12.8. The zero-order chi connectivity index (χ0) is 12.1. The maximum Gasteiger partial charge on any atom is 0.303 e. The van der Waals surface area contributed by atoms with Crippen LogP contribution in [0.2, 0.25) is 0 Å². The van der Waals surface area contributed by atoms with Gasteiger partial charge in [0.05, 0.1) is 6.10 Å². The number of carboxylic acid groups (broad SMARTS) is 1. The molecule has 0 radical (unpaired) electrons. The fraction of sp³-hybridized carbons (Fsp3) is 0.462. The number of aliphatic hydroxyl groups excluding tert-OH is 1. The number of aliphatic carboxylic acids is 1. The highest BCUT2D eigenvalue weighted by molar-refractivity contribution is 5.67. The summed E-state index contributed by atoms with van der Waals surface area (Å²) in [6.07, 6.45) is 0.152. The van der Waals surface area contributed by atoms with Gasteiger partial charge in [-0.1, -0.05) is 38.1 Å². The molecular formula is C13H18O3. The molecule has 0 aliphatic rings. The first-order valence-electron chi connectivity index (χ1n) is 5.49. The van der Waals surface area contributed by atoms with E-state index in [1.807, 2.05) is 38.1 Å². The summed E-state index contributed by atoms with van der Waals surface area (Å²) in [5.74, 6) is -0.635. The maximum absolute atomic E-state index is 10.5. The molecule has 0 saturated heterocycles. The Labute approximate surface area is 95.7 Å². The van der Waals surface area contributed by atoms with E-state index in [0.29, 0.717) is 6.42 Å². The van der Waals surface area contributed by atoms with Gasteiger partial charge in [-0.3, -0.25) is 4.79 Å². The molecule has 0 amide bonds. The van der Waals surface area contributed by atoms with E-state index in [-0.39, 0.29) is 12.3 Å². The average molecular weight is 222 g/mol. The third-order valence-electron chi connectivity index (χ3n) is 2.55. The molecule has 0 spiro atoms. The number of rotatable bonds is 5. The Morgan fingerprint density at radius 1 is 1.38 bits per heavy atom. The lowest BCUT2D eigenvalue weighted by Crippen LogP contribution is -2.06. The molecule has 1 aromatic carbocycles. The summed E-state index contributed by atoms with van der Waals surface area (Å²) < 4.78 is 0. The Morgan fingerprint density at radius 3 is 2.62 bits per heavy atom. The minimum absolute atomic E-state index is 0.126. The first-order valence-corrected chi connectivity index (χ1v) is 5.49. The van der Waals surface area contributed by atoms with Gasteiger partial charge in [-0.05, 0) is 23.5 Å². The standard InChI is InChI=1S/C13H18O3/c1-9(2)13(16)11-5-3-4-10(8-11)6-7-12(14)15/h3-5,8-9,13,16H,6-7H2,1-2H3,(H,14,15). The van der Waals surface area contributed by atoms with Crippen molar-refractivity contribution in [3.05, 3.63) is 35.4 Å². The van der Waals surface area contributed by atoms with Crippen LogP contribution < -0.4 is 0 Å². The van der Waals surface area contributed by atoms with E-state index in [4.69, 9.17) is 5.11 Å². The molecule has 0 aliphatic carbocycles. The van der Waals surface area contributed by atoms with Crippen molar-refractivity contribution in [3.63, 3.8) is 0 Å². The number of benzene rings is 1. The van der Waals surface area contributed by atoms with Crippen molar-refractivity contribution >= 4 is 5.97 Å². The van der Waals surface area contributed by atoms with Crippen molar-refractivity contribution < 1.29 is 15.0 Å².